The van der Waals surface area contributed by atoms with Crippen LogP contribution in [0.4, 0.5) is 9.93 Å². The first kappa shape index (κ1) is 18.5. The third-order valence-electron chi connectivity index (χ3n) is 4.36. The van der Waals surface area contributed by atoms with Gasteiger partial charge in [0.15, 0.2) is 15.5 Å². The van der Waals surface area contributed by atoms with Crippen LogP contribution in [0.5, 0.6) is 5.88 Å². The SMILES string of the molecule is COc1ncnc2sc(NC(=O)ON3CCN(Cc4ccccc4)CC3)nc12. The fourth-order valence-corrected chi connectivity index (χ4v) is 3.77. The maximum atomic E-state index is 12.2. The second-order valence-corrected chi connectivity index (χ2v) is 7.23. The number of ether oxygens (including phenoxy) is 1. The first-order chi connectivity index (χ1) is 13.7. The van der Waals surface area contributed by atoms with Crippen molar-refractivity contribution in [3.05, 3.63) is 42.2 Å². The monoisotopic (exact) mass is 400 g/mol. The Bertz CT molecular complexity index is 943. The van der Waals surface area contributed by atoms with Gasteiger partial charge in [-0.15, -0.1) is 5.06 Å². The van der Waals surface area contributed by atoms with Gasteiger partial charge in [-0.1, -0.05) is 41.7 Å². The third kappa shape index (κ3) is 4.35. The second kappa shape index (κ2) is 8.46. The molecule has 28 heavy (non-hydrogen) atoms. The van der Waals surface area contributed by atoms with Crippen molar-refractivity contribution in [2.45, 2.75) is 6.54 Å². The van der Waals surface area contributed by atoms with Crippen molar-refractivity contribution >= 4 is 32.9 Å². The van der Waals surface area contributed by atoms with E-state index in [1.165, 1.54) is 30.3 Å². The predicted octanol–water partition coefficient (Wildman–Crippen LogP) is 2.38. The molecule has 9 nitrogen and oxygen atoms in total. The van der Waals surface area contributed by atoms with E-state index in [0.717, 1.165) is 19.6 Å². The number of thiazole rings is 1. The Hall–Kier alpha value is -2.82. The minimum Gasteiger partial charge on any atom is -0.479 e. The highest BCUT2D eigenvalue weighted by molar-refractivity contribution is 7.22. The molecule has 1 saturated heterocycles. The summed E-state index contributed by atoms with van der Waals surface area (Å²) in [5, 5.41) is 4.71. The second-order valence-electron chi connectivity index (χ2n) is 6.25. The summed E-state index contributed by atoms with van der Waals surface area (Å²) in [6.45, 7) is 3.86. The number of amides is 1. The van der Waals surface area contributed by atoms with Gasteiger partial charge in [-0.25, -0.2) is 14.8 Å². The molecular formula is C18H20N6O3S. The number of fused-ring (bicyclic) bond motifs is 1. The van der Waals surface area contributed by atoms with Gasteiger partial charge < -0.3 is 9.57 Å². The van der Waals surface area contributed by atoms with Crippen LogP contribution in [0.25, 0.3) is 10.3 Å². The minimum absolute atomic E-state index is 0.372. The quantitative estimate of drug-likeness (QED) is 0.698. The minimum atomic E-state index is -0.567. The van der Waals surface area contributed by atoms with Crippen LogP contribution in [0.2, 0.25) is 0 Å². The number of aromatic nitrogens is 3. The molecule has 0 bridgehead atoms. The molecule has 3 heterocycles. The van der Waals surface area contributed by atoms with Gasteiger partial charge in [0.2, 0.25) is 5.88 Å². The average molecular weight is 400 g/mol. The van der Waals surface area contributed by atoms with Gasteiger partial charge in [0.05, 0.1) is 7.11 Å². The smallest absolute Gasteiger partial charge is 0.432 e. The number of nitrogens with one attached hydrogen (secondary N) is 1. The predicted molar refractivity (Wildman–Crippen MR) is 105 cm³/mol. The van der Waals surface area contributed by atoms with E-state index in [9.17, 15) is 4.79 Å². The maximum absolute atomic E-state index is 12.2. The summed E-state index contributed by atoms with van der Waals surface area (Å²) in [7, 11) is 1.51. The molecule has 4 rings (SSSR count). The lowest BCUT2D eigenvalue weighted by Gasteiger charge is -2.33. The number of piperazine rings is 1. The number of carbonyl (C=O) groups is 1. The lowest BCUT2D eigenvalue weighted by molar-refractivity contribution is -0.119. The van der Waals surface area contributed by atoms with Gasteiger partial charge in [0.1, 0.15) is 6.33 Å². The van der Waals surface area contributed by atoms with Crippen LogP contribution in [0, 0.1) is 0 Å². The number of hydroxylamine groups is 2. The molecule has 146 valence electrons. The Kier molecular flexibility index (Phi) is 5.60. The Labute approximate surface area is 165 Å². The summed E-state index contributed by atoms with van der Waals surface area (Å²) >= 11 is 1.24. The zero-order chi connectivity index (χ0) is 19.3. The lowest BCUT2D eigenvalue weighted by atomic mass is 10.2. The van der Waals surface area contributed by atoms with Gasteiger partial charge in [-0.05, 0) is 5.56 Å². The normalized spacial score (nSPS) is 15.5. The number of hydrogen-bond donors (Lipinski definition) is 1. The van der Waals surface area contributed by atoms with Crippen LogP contribution >= 0.6 is 11.3 Å². The highest BCUT2D eigenvalue weighted by atomic mass is 32.1. The number of anilines is 1. The molecular weight excluding hydrogens is 380 g/mol. The van der Waals surface area contributed by atoms with Crippen LogP contribution in [-0.2, 0) is 11.4 Å². The molecule has 0 saturated carbocycles. The molecule has 0 spiro atoms. The van der Waals surface area contributed by atoms with E-state index in [4.69, 9.17) is 9.57 Å². The number of methoxy groups -OCH3 is 1. The topological polar surface area (TPSA) is 92.7 Å². The number of nitrogens with zero attached hydrogens (tertiary/aromatic N) is 5. The summed E-state index contributed by atoms with van der Waals surface area (Å²) in [5.41, 5.74) is 1.80. The van der Waals surface area contributed by atoms with Crippen molar-refractivity contribution in [1.29, 1.82) is 0 Å². The highest BCUT2D eigenvalue weighted by Gasteiger charge is 2.21. The van der Waals surface area contributed by atoms with E-state index in [1.54, 1.807) is 5.06 Å². The average Bonchev–Trinajstić information content (AvgIpc) is 3.12. The lowest BCUT2D eigenvalue weighted by Crippen LogP contribution is -2.46. The van der Waals surface area contributed by atoms with Crippen LogP contribution in [0.3, 0.4) is 0 Å². The molecule has 1 aliphatic heterocycles. The third-order valence-corrected chi connectivity index (χ3v) is 5.24. The maximum Gasteiger partial charge on any atom is 0.432 e. The van der Waals surface area contributed by atoms with Crippen LogP contribution in [0.1, 0.15) is 5.56 Å². The fraction of sp³-hybridized carbons (Fsp3) is 0.333. The van der Waals surface area contributed by atoms with Crippen LogP contribution in [-0.4, -0.2) is 64.3 Å². The molecule has 0 aliphatic carbocycles. The molecule has 1 amide bonds. The summed E-state index contributed by atoms with van der Waals surface area (Å²) in [5.74, 6) is 0.372. The molecule has 1 aromatic carbocycles. The molecule has 1 aliphatic rings. The van der Waals surface area contributed by atoms with Gasteiger partial charge >= 0.3 is 6.09 Å². The van der Waals surface area contributed by atoms with Crippen LogP contribution < -0.4 is 10.1 Å². The number of benzene rings is 1. The van der Waals surface area contributed by atoms with Crippen molar-refractivity contribution in [3.8, 4) is 5.88 Å². The van der Waals surface area contributed by atoms with Crippen molar-refractivity contribution in [1.82, 2.24) is 24.9 Å². The molecule has 10 heteroatoms. The van der Waals surface area contributed by atoms with Gasteiger partial charge in [0, 0.05) is 32.7 Å². The number of hydrogen-bond acceptors (Lipinski definition) is 9. The molecule has 0 radical (unpaired) electrons. The summed E-state index contributed by atoms with van der Waals surface area (Å²) in [6, 6.07) is 10.3. The van der Waals surface area contributed by atoms with E-state index >= 15 is 0 Å². The largest absolute Gasteiger partial charge is 0.479 e. The number of rotatable bonds is 5. The first-order valence-corrected chi connectivity index (χ1v) is 9.68. The zero-order valence-corrected chi connectivity index (χ0v) is 16.2. The fourth-order valence-electron chi connectivity index (χ4n) is 2.98. The summed E-state index contributed by atoms with van der Waals surface area (Å²) < 4.78 is 5.16. The van der Waals surface area contributed by atoms with Crippen LogP contribution in [0.15, 0.2) is 36.7 Å². The molecule has 1 fully saturated rings. The van der Waals surface area contributed by atoms with E-state index in [2.05, 4.69) is 37.3 Å². The van der Waals surface area contributed by atoms with Gasteiger partial charge in [-0.3, -0.25) is 10.2 Å². The Morgan fingerprint density at radius 3 is 2.71 bits per heavy atom. The molecule has 0 atom stereocenters. The Balaban J connectivity index is 1.28. The van der Waals surface area contributed by atoms with Crippen molar-refractivity contribution < 1.29 is 14.4 Å². The first-order valence-electron chi connectivity index (χ1n) is 8.87. The van der Waals surface area contributed by atoms with E-state index in [-0.39, 0.29) is 0 Å². The van der Waals surface area contributed by atoms with Crippen molar-refractivity contribution in [2.24, 2.45) is 0 Å². The van der Waals surface area contributed by atoms with E-state index in [0.29, 0.717) is 34.4 Å². The standard InChI is InChI=1S/C18H20N6O3S/c1-26-15-14-16(20-12-19-15)28-17(21-14)22-18(25)27-24-9-7-23(8-10-24)11-13-5-3-2-4-6-13/h2-6,12H,7-11H2,1H3,(H,21,22,25). The van der Waals surface area contributed by atoms with E-state index < -0.39 is 6.09 Å². The zero-order valence-electron chi connectivity index (χ0n) is 15.4. The van der Waals surface area contributed by atoms with Crippen molar-refractivity contribution in [3.63, 3.8) is 0 Å². The Morgan fingerprint density at radius 2 is 1.96 bits per heavy atom. The molecule has 1 N–H and O–H groups in total. The summed E-state index contributed by atoms with van der Waals surface area (Å²) in [4.78, 5) is 33.0. The highest BCUT2D eigenvalue weighted by Crippen LogP contribution is 2.28. The van der Waals surface area contributed by atoms with Crippen molar-refractivity contribution in [2.75, 3.05) is 38.6 Å². The summed E-state index contributed by atoms with van der Waals surface area (Å²) in [6.07, 6.45) is 0.832. The molecule has 3 aromatic rings. The van der Waals surface area contributed by atoms with Gasteiger partial charge in [-0.2, -0.15) is 4.98 Å². The number of carbonyl (C=O) groups excluding carboxylic acids is 1. The Morgan fingerprint density at radius 1 is 1.18 bits per heavy atom. The van der Waals surface area contributed by atoms with Gasteiger partial charge in [0.25, 0.3) is 0 Å². The molecule has 2 aromatic heterocycles. The van der Waals surface area contributed by atoms with E-state index in [1.807, 2.05) is 18.2 Å². The molecule has 0 unspecified atom stereocenters.